The van der Waals surface area contributed by atoms with E-state index in [4.69, 9.17) is 0 Å². The fraction of sp³-hybridized carbons (Fsp3) is 0.857. The van der Waals surface area contributed by atoms with Gasteiger partial charge in [0.05, 0.1) is 0 Å². The smallest absolute Gasteiger partial charge is 0.137 e. The maximum Gasteiger partial charge on any atom is 0.137 e. The zero-order valence-corrected chi connectivity index (χ0v) is 9.79. The summed E-state index contributed by atoms with van der Waals surface area (Å²) in [6, 6.07) is 0. The Hall–Kier alpha value is -0.660. The van der Waals surface area contributed by atoms with E-state index >= 15 is 0 Å². The van der Waals surface area contributed by atoms with Crippen LogP contribution >= 0.6 is 0 Å². The average Bonchev–Trinajstić information content (AvgIpc) is 2.77. The lowest BCUT2D eigenvalue weighted by Crippen LogP contribution is -2.39. The molecule has 2 nitrogen and oxygen atoms in total. The number of fused-ring (bicyclic) bond motifs is 1. The van der Waals surface area contributed by atoms with Gasteiger partial charge in [-0.3, -0.25) is 9.59 Å². The molecule has 0 amide bonds. The molecule has 4 fully saturated rings. The Labute approximate surface area is 95.8 Å². The van der Waals surface area contributed by atoms with Gasteiger partial charge < -0.3 is 0 Å². The molecular weight excluding hydrogens is 200 g/mol. The van der Waals surface area contributed by atoms with Crippen molar-refractivity contribution in [2.45, 2.75) is 45.4 Å². The molecule has 2 unspecified atom stereocenters. The van der Waals surface area contributed by atoms with E-state index in [9.17, 15) is 9.59 Å². The van der Waals surface area contributed by atoms with Crippen molar-refractivity contribution in [3.05, 3.63) is 0 Å². The third-order valence-corrected chi connectivity index (χ3v) is 6.36. The molecule has 0 heterocycles. The number of Topliss-reactive ketones (excluding diaryl/α,β-unsaturated/α-hetero) is 2. The van der Waals surface area contributed by atoms with Gasteiger partial charge in [-0.2, -0.15) is 0 Å². The van der Waals surface area contributed by atoms with Gasteiger partial charge >= 0.3 is 0 Å². The van der Waals surface area contributed by atoms with Crippen molar-refractivity contribution in [1.29, 1.82) is 0 Å². The first kappa shape index (κ1) is 9.38. The van der Waals surface area contributed by atoms with Crippen molar-refractivity contribution >= 4 is 11.6 Å². The van der Waals surface area contributed by atoms with E-state index in [0.29, 0.717) is 23.4 Å². The third kappa shape index (κ3) is 0.663. The molecule has 0 bridgehead atoms. The van der Waals surface area contributed by atoms with Crippen molar-refractivity contribution < 1.29 is 9.59 Å². The number of carbonyl (C=O) groups is 2. The van der Waals surface area contributed by atoms with Crippen LogP contribution in [0.25, 0.3) is 0 Å². The molecule has 0 N–H and O–H groups in total. The second-order valence-electron chi connectivity index (χ2n) is 6.49. The summed E-state index contributed by atoms with van der Waals surface area (Å²) in [6.07, 6.45) is 6.88. The highest BCUT2D eigenvalue weighted by molar-refractivity contribution is 6.03. The zero-order chi connectivity index (χ0) is 11.1. The lowest BCUT2D eigenvalue weighted by molar-refractivity contribution is -0.128. The van der Waals surface area contributed by atoms with E-state index in [1.165, 1.54) is 25.7 Å². The van der Waals surface area contributed by atoms with Crippen LogP contribution in [0, 0.1) is 28.6 Å². The SMILES string of the molecule is CC(=O)[C@]12C3C[C@@H]4CCCCC41CC(=O)[C@@H]32. The van der Waals surface area contributed by atoms with Gasteiger partial charge in [-0.15, -0.1) is 0 Å². The fourth-order valence-corrected chi connectivity index (χ4v) is 6.08. The minimum atomic E-state index is -0.158. The molecule has 5 atom stereocenters. The average molecular weight is 218 g/mol. The molecule has 2 heteroatoms. The van der Waals surface area contributed by atoms with Crippen LogP contribution in [-0.2, 0) is 9.59 Å². The van der Waals surface area contributed by atoms with E-state index in [0.717, 1.165) is 12.8 Å². The van der Waals surface area contributed by atoms with E-state index in [-0.39, 0.29) is 16.7 Å². The van der Waals surface area contributed by atoms with Crippen LogP contribution in [0.15, 0.2) is 0 Å². The van der Waals surface area contributed by atoms with Crippen LogP contribution in [0.4, 0.5) is 0 Å². The summed E-state index contributed by atoms with van der Waals surface area (Å²) >= 11 is 0. The number of rotatable bonds is 1. The highest BCUT2D eigenvalue weighted by atomic mass is 16.1. The summed E-state index contributed by atoms with van der Waals surface area (Å²) in [5, 5.41) is 0. The second-order valence-corrected chi connectivity index (χ2v) is 6.49. The molecule has 0 saturated heterocycles. The monoisotopic (exact) mass is 218 g/mol. The Bertz CT molecular complexity index is 413. The minimum absolute atomic E-state index is 0.128. The van der Waals surface area contributed by atoms with E-state index < -0.39 is 0 Å². The first-order valence-electron chi connectivity index (χ1n) is 6.68. The number of ketones is 2. The minimum Gasteiger partial charge on any atom is -0.299 e. The molecule has 16 heavy (non-hydrogen) atoms. The first-order chi connectivity index (χ1) is 7.64. The quantitative estimate of drug-likeness (QED) is 0.677. The Morgan fingerprint density at radius 3 is 2.94 bits per heavy atom. The summed E-state index contributed by atoms with van der Waals surface area (Å²) in [6.45, 7) is 1.74. The molecule has 0 aromatic heterocycles. The molecule has 0 aromatic carbocycles. The third-order valence-electron chi connectivity index (χ3n) is 6.36. The summed E-state index contributed by atoms with van der Waals surface area (Å²) in [5.41, 5.74) is -0.0291. The summed E-state index contributed by atoms with van der Waals surface area (Å²) in [7, 11) is 0. The highest BCUT2D eigenvalue weighted by Gasteiger charge is 2.87. The highest BCUT2D eigenvalue weighted by Crippen LogP contribution is 2.85. The molecule has 0 aliphatic heterocycles. The van der Waals surface area contributed by atoms with Crippen molar-refractivity contribution in [3.8, 4) is 0 Å². The predicted octanol–water partition coefficient (Wildman–Crippen LogP) is 2.36. The molecule has 0 radical (unpaired) electrons. The van der Waals surface area contributed by atoms with Gasteiger partial charge in [0.1, 0.15) is 11.6 Å². The maximum absolute atomic E-state index is 12.1. The summed E-state index contributed by atoms with van der Waals surface area (Å²) in [4.78, 5) is 24.2. The maximum atomic E-state index is 12.1. The molecule has 0 aromatic rings. The Morgan fingerprint density at radius 2 is 2.19 bits per heavy atom. The largest absolute Gasteiger partial charge is 0.299 e. The van der Waals surface area contributed by atoms with Crippen LogP contribution in [0.2, 0.25) is 0 Å². The van der Waals surface area contributed by atoms with Crippen molar-refractivity contribution in [3.63, 3.8) is 0 Å². The normalized spacial score (nSPS) is 57.1. The van der Waals surface area contributed by atoms with Gasteiger partial charge in [0.15, 0.2) is 0 Å². The molecule has 4 aliphatic rings. The number of hydrogen-bond donors (Lipinski definition) is 0. The lowest BCUT2D eigenvalue weighted by Gasteiger charge is -2.42. The van der Waals surface area contributed by atoms with Crippen LogP contribution < -0.4 is 0 Å². The zero-order valence-electron chi connectivity index (χ0n) is 9.79. The molecular formula is C14H18O2. The van der Waals surface area contributed by atoms with Gasteiger partial charge in [0.25, 0.3) is 0 Å². The van der Waals surface area contributed by atoms with Gasteiger partial charge in [-0.1, -0.05) is 12.8 Å². The number of hydrogen-bond acceptors (Lipinski definition) is 2. The van der Waals surface area contributed by atoms with Crippen LogP contribution in [-0.4, -0.2) is 11.6 Å². The van der Waals surface area contributed by atoms with Crippen molar-refractivity contribution in [2.24, 2.45) is 28.6 Å². The Balaban J connectivity index is 1.89. The van der Waals surface area contributed by atoms with E-state index in [1.54, 1.807) is 6.92 Å². The van der Waals surface area contributed by atoms with E-state index in [2.05, 4.69) is 0 Å². The second kappa shape index (κ2) is 2.44. The molecule has 1 spiro atoms. The predicted molar refractivity (Wildman–Crippen MR) is 58.7 cm³/mol. The summed E-state index contributed by atoms with van der Waals surface area (Å²) in [5.74, 6) is 2.05. The molecule has 4 aliphatic carbocycles. The topological polar surface area (TPSA) is 34.1 Å². The van der Waals surface area contributed by atoms with Gasteiger partial charge in [0.2, 0.25) is 0 Å². The fourth-order valence-electron chi connectivity index (χ4n) is 6.08. The van der Waals surface area contributed by atoms with Gasteiger partial charge in [0, 0.05) is 17.8 Å². The van der Waals surface area contributed by atoms with Crippen LogP contribution in [0.1, 0.15) is 45.4 Å². The molecule has 4 rings (SSSR count). The van der Waals surface area contributed by atoms with E-state index in [1.807, 2.05) is 0 Å². The van der Waals surface area contributed by atoms with Crippen molar-refractivity contribution in [2.75, 3.05) is 0 Å². The lowest BCUT2D eigenvalue weighted by atomic mass is 9.60. The first-order valence-corrected chi connectivity index (χ1v) is 6.68. The van der Waals surface area contributed by atoms with Crippen LogP contribution in [0.5, 0.6) is 0 Å². The van der Waals surface area contributed by atoms with Gasteiger partial charge in [-0.25, -0.2) is 0 Å². The molecule has 86 valence electrons. The Kier molecular flexibility index (Phi) is 1.43. The van der Waals surface area contributed by atoms with Crippen molar-refractivity contribution in [1.82, 2.24) is 0 Å². The number of carbonyl (C=O) groups excluding carboxylic acids is 2. The Morgan fingerprint density at radius 1 is 1.38 bits per heavy atom. The van der Waals surface area contributed by atoms with Gasteiger partial charge in [-0.05, 0) is 43.4 Å². The molecule has 4 saturated carbocycles. The van der Waals surface area contributed by atoms with Crippen LogP contribution in [0.3, 0.4) is 0 Å². The summed E-state index contributed by atoms with van der Waals surface area (Å²) < 4.78 is 0. The standard InChI is InChI=1S/C14H18O2/c1-8(15)14-10-6-9-4-2-3-5-13(9,14)7-11(16)12(10)14/h9-10,12H,2-7H2,1H3/t9-,10?,12+,13?,14+/m0/s1.